The van der Waals surface area contributed by atoms with Gasteiger partial charge in [0.1, 0.15) is 5.57 Å². The number of hydrogen-bond donors (Lipinski definition) is 1. The summed E-state index contributed by atoms with van der Waals surface area (Å²) in [4.78, 5) is 38.4. The third-order valence-corrected chi connectivity index (χ3v) is 5.21. The second kappa shape index (κ2) is 10.2. The zero-order valence-electron chi connectivity index (χ0n) is 18.6. The number of benzene rings is 2. The van der Waals surface area contributed by atoms with Crippen molar-refractivity contribution in [2.45, 2.75) is 33.1 Å². The van der Waals surface area contributed by atoms with Gasteiger partial charge in [-0.2, -0.15) is 13.2 Å². The first-order chi connectivity index (χ1) is 16.3. The lowest BCUT2D eigenvalue weighted by Crippen LogP contribution is -2.54. The van der Waals surface area contributed by atoms with Gasteiger partial charge in [0.25, 0.3) is 11.8 Å². The number of ether oxygens (including phenoxy) is 2. The van der Waals surface area contributed by atoms with Gasteiger partial charge in [-0.25, -0.2) is 9.69 Å². The van der Waals surface area contributed by atoms with Gasteiger partial charge in [0, 0.05) is 0 Å². The lowest BCUT2D eigenvalue weighted by molar-refractivity contribution is -0.137. The number of barbiturate groups is 1. The first-order valence-electron chi connectivity index (χ1n) is 10.2. The standard InChI is InChI=1S/C23H19Cl2F3N2O5/c1-4-34-18-9-12(8-16(25)19(18)35-11(2)3)7-14-20(31)29-22(33)30(21(14)32)17-10-13(23(26,27)28)5-6-15(17)24/h5-11H,4H2,1-3H3,(H,29,31,33)/b14-7-. The SMILES string of the molecule is CCOc1cc(/C=C2/C(=O)NC(=O)N(c3cc(C(F)(F)F)ccc3Cl)C2=O)cc(Cl)c1OC(C)C. The summed E-state index contributed by atoms with van der Waals surface area (Å²) in [5.41, 5.74) is -1.95. The van der Waals surface area contributed by atoms with Crippen LogP contribution in [0, 0.1) is 0 Å². The normalized spacial score (nSPS) is 15.6. The molecule has 0 radical (unpaired) electrons. The Balaban J connectivity index is 2.08. The molecular formula is C23H19Cl2F3N2O5. The molecule has 35 heavy (non-hydrogen) atoms. The number of hydrogen-bond acceptors (Lipinski definition) is 5. The maximum Gasteiger partial charge on any atom is 0.416 e. The summed E-state index contributed by atoms with van der Waals surface area (Å²) in [5.74, 6) is -1.71. The van der Waals surface area contributed by atoms with Crippen LogP contribution in [-0.2, 0) is 15.8 Å². The van der Waals surface area contributed by atoms with Gasteiger partial charge in [-0.15, -0.1) is 0 Å². The summed E-state index contributed by atoms with van der Waals surface area (Å²) in [6.45, 7) is 5.58. The second-order valence-corrected chi connectivity index (χ2v) is 8.37. The van der Waals surface area contributed by atoms with Crippen molar-refractivity contribution in [3.63, 3.8) is 0 Å². The van der Waals surface area contributed by atoms with E-state index in [4.69, 9.17) is 32.7 Å². The molecule has 0 unspecified atom stereocenters. The molecule has 2 aromatic rings. The van der Waals surface area contributed by atoms with Gasteiger partial charge in [0.15, 0.2) is 11.5 Å². The largest absolute Gasteiger partial charge is 0.490 e. The average Bonchev–Trinajstić information content (AvgIpc) is 2.74. The summed E-state index contributed by atoms with van der Waals surface area (Å²) in [6, 6.07) is 3.80. The highest BCUT2D eigenvalue weighted by Crippen LogP contribution is 2.39. The number of carbonyl (C=O) groups is 3. The third kappa shape index (κ3) is 5.71. The molecule has 2 aromatic carbocycles. The van der Waals surface area contributed by atoms with Crippen LogP contribution >= 0.6 is 23.2 Å². The molecule has 186 valence electrons. The monoisotopic (exact) mass is 530 g/mol. The number of halogens is 5. The van der Waals surface area contributed by atoms with E-state index in [1.54, 1.807) is 20.8 Å². The molecule has 0 aliphatic carbocycles. The topological polar surface area (TPSA) is 84.9 Å². The number of alkyl halides is 3. The van der Waals surface area contributed by atoms with Gasteiger partial charge in [-0.3, -0.25) is 14.9 Å². The van der Waals surface area contributed by atoms with E-state index in [0.29, 0.717) is 17.0 Å². The number of anilines is 1. The summed E-state index contributed by atoms with van der Waals surface area (Å²) in [5, 5.41) is 1.77. The fourth-order valence-corrected chi connectivity index (χ4v) is 3.65. The van der Waals surface area contributed by atoms with Gasteiger partial charge in [-0.05, 0) is 62.7 Å². The van der Waals surface area contributed by atoms with Crippen LogP contribution in [0.15, 0.2) is 35.9 Å². The van der Waals surface area contributed by atoms with Crippen LogP contribution in [0.5, 0.6) is 11.5 Å². The van der Waals surface area contributed by atoms with Gasteiger partial charge < -0.3 is 9.47 Å². The van der Waals surface area contributed by atoms with E-state index in [-0.39, 0.29) is 39.8 Å². The number of carbonyl (C=O) groups excluding carboxylic acids is 3. The number of nitrogens with one attached hydrogen (secondary N) is 1. The van der Waals surface area contributed by atoms with Gasteiger partial charge in [-0.1, -0.05) is 23.2 Å². The highest BCUT2D eigenvalue weighted by Gasteiger charge is 2.39. The average molecular weight is 531 g/mol. The van der Waals surface area contributed by atoms with E-state index in [0.717, 1.165) is 12.1 Å². The molecule has 1 fully saturated rings. The second-order valence-electron chi connectivity index (χ2n) is 7.55. The Labute approximate surface area is 208 Å². The molecule has 3 rings (SSSR count). The van der Waals surface area contributed by atoms with Crippen molar-refractivity contribution in [1.82, 2.24) is 5.32 Å². The van der Waals surface area contributed by atoms with E-state index >= 15 is 0 Å². The Morgan fingerprint density at radius 1 is 1.09 bits per heavy atom. The van der Waals surface area contributed by atoms with Crippen LogP contribution in [0.2, 0.25) is 10.0 Å². The van der Waals surface area contributed by atoms with Gasteiger partial charge in [0.2, 0.25) is 0 Å². The first-order valence-corrected chi connectivity index (χ1v) is 11.0. The number of imide groups is 2. The molecule has 0 atom stereocenters. The third-order valence-electron chi connectivity index (χ3n) is 4.61. The van der Waals surface area contributed by atoms with Crippen LogP contribution in [0.1, 0.15) is 31.9 Å². The van der Waals surface area contributed by atoms with Crippen molar-refractivity contribution >= 4 is 52.8 Å². The van der Waals surface area contributed by atoms with Crippen molar-refractivity contribution < 1.29 is 37.0 Å². The van der Waals surface area contributed by atoms with E-state index < -0.39 is 40.8 Å². The quantitative estimate of drug-likeness (QED) is 0.373. The minimum absolute atomic E-state index is 0.133. The van der Waals surface area contributed by atoms with Crippen LogP contribution < -0.4 is 19.7 Å². The van der Waals surface area contributed by atoms with Crippen LogP contribution in [-0.4, -0.2) is 30.6 Å². The molecule has 1 aliphatic heterocycles. The molecule has 0 bridgehead atoms. The van der Waals surface area contributed by atoms with Gasteiger partial charge >= 0.3 is 12.2 Å². The van der Waals surface area contributed by atoms with Crippen molar-refractivity contribution in [1.29, 1.82) is 0 Å². The van der Waals surface area contributed by atoms with E-state index in [1.807, 2.05) is 5.32 Å². The number of nitrogens with zero attached hydrogens (tertiary/aromatic N) is 1. The van der Waals surface area contributed by atoms with Crippen LogP contribution in [0.4, 0.5) is 23.7 Å². The van der Waals surface area contributed by atoms with E-state index in [1.165, 1.54) is 12.1 Å². The zero-order valence-corrected chi connectivity index (χ0v) is 20.1. The Morgan fingerprint density at radius 2 is 1.77 bits per heavy atom. The Kier molecular flexibility index (Phi) is 7.66. The molecule has 1 saturated heterocycles. The van der Waals surface area contributed by atoms with Crippen molar-refractivity contribution in [2.24, 2.45) is 0 Å². The van der Waals surface area contributed by atoms with Crippen molar-refractivity contribution in [3.05, 3.63) is 57.1 Å². The number of amides is 4. The Bertz CT molecular complexity index is 1230. The molecule has 12 heteroatoms. The summed E-state index contributed by atoms with van der Waals surface area (Å²) < 4.78 is 50.8. The van der Waals surface area contributed by atoms with Crippen LogP contribution in [0.25, 0.3) is 6.08 Å². The van der Waals surface area contributed by atoms with Crippen molar-refractivity contribution in [2.75, 3.05) is 11.5 Å². The number of rotatable bonds is 6. The molecule has 0 aromatic heterocycles. The fourth-order valence-electron chi connectivity index (χ4n) is 3.19. The molecule has 0 saturated carbocycles. The zero-order chi connectivity index (χ0) is 26.1. The van der Waals surface area contributed by atoms with Gasteiger partial charge in [0.05, 0.1) is 34.0 Å². The van der Waals surface area contributed by atoms with Crippen LogP contribution in [0.3, 0.4) is 0 Å². The highest BCUT2D eigenvalue weighted by molar-refractivity contribution is 6.42. The first kappa shape index (κ1) is 26.4. The summed E-state index contributed by atoms with van der Waals surface area (Å²) >= 11 is 12.3. The molecule has 1 heterocycles. The maximum atomic E-state index is 13.2. The minimum Gasteiger partial charge on any atom is -0.490 e. The molecule has 4 amide bonds. The molecule has 1 N–H and O–H groups in total. The molecule has 1 aliphatic rings. The maximum absolute atomic E-state index is 13.2. The molecule has 7 nitrogen and oxygen atoms in total. The lowest BCUT2D eigenvalue weighted by atomic mass is 10.1. The van der Waals surface area contributed by atoms with Crippen molar-refractivity contribution in [3.8, 4) is 11.5 Å². The lowest BCUT2D eigenvalue weighted by Gasteiger charge is -2.27. The minimum atomic E-state index is -4.75. The molecule has 0 spiro atoms. The predicted octanol–water partition coefficient (Wildman–Crippen LogP) is 5.86. The van der Waals surface area contributed by atoms with E-state index in [9.17, 15) is 27.6 Å². The van der Waals surface area contributed by atoms with E-state index in [2.05, 4.69) is 0 Å². The molecular weight excluding hydrogens is 512 g/mol. The number of urea groups is 1. The predicted molar refractivity (Wildman–Crippen MR) is 124 cm³/mol. The summed E-state index contributed by atoms with van der Waals surface area (Å²) in [6.07, 6.45) is -3.85. The smallest absolute Gasteiger partial charge is 0.416 e. The summed E-state index contributed by atoms with van der Waals surface area (Å²) in [7, 11) is 0. The fraction of sp³-hybridized carbons (Fsp3) is 0.261. The Morgan fingerprint density at radius 3 is 2.37 bits per heavy atom. The highest BCUT2D eigenvalue weighted by atomic mass is 35.5. The Hall–Kier alpha value is -3.24.